The number of amides is 3. The van der Waals surface area contributed by atoms with Crippen LogP contribution >= 0.6 is 11.8 Å². The Morgan fingerprint density at radius 3 is 2.63 bits per heavy atom. The highest BCUT2D eigenvalue weighted by Gasteiger charge is 2.50. The zero-order valence-electron chi connectivity index (χ0n) is 16.8. The van der Waals surface area contributed by atoms with Crippen LogP contribution in [0.4, 0.5) is 0 Å². The number of piperazine rings is 1. The molecule has 1 aromatic rings. The van der Waals surface area contributed by atoms with E-state index in [1.54, 1.807) is 11.6 Å². The van der Waals surface area contributed by atoms with E-state index in [1.807, 2.05) is 0 Å². The molecule has 3 fully saturated rings. The summed E-state index contributed by atoms with van der Waals surface area (Å²) >= 11 is 1.18. The number of nitrogens with zero attached hydrogens (tertiary/aromatic N) is 4. The van der Waals surface area contributed by atoms with Crippen LogP contribution in [-0.4, -0.2) is 75.1 Å². The summed E-state index contributed by atoms with van der Waals surface area (Å²) in [5, 5.41) is 11.2. The molecule has 2 aliphatic heterocycles. The van der Waals surface area contributed by atoms with Gasteiger partial charge in [-0.15, -0.1) is 10.2 Å². The molecule has 1 atom stereocenters. The second-order valence-corrected chi connectivity index (χ2v) is 11.4. The fraction of sp³-hybridized carbons (Fsp3) is 0.722. The maximum absolute atomic E-state index is 13.0. The normalized spacial score (nSPS) is 25.5. The average Bonchev–Trinajstić information content (AvgIpc) is 3.25. The van der Waals surface area contributed by atoms with Crippen LogP contribution in [0.15, 0.2) is 5.16 Å². The minimum absolute atomic E-state index is 0.0250. The smallest absolute Gasteiger partial charge is 0.252 e. The molecule has 3 aliphatic rings. The lowest BCUT2D eigenvalue weighted by molar-refractivity contribution is -0.158. The SMILES string of the molecule is Cn1c(SCC(=O)N2CC(=O)NC(=O)C23CCCCC3)nnc1C1CCS(=O)(=O)C1. The molecule has 3 heterocycles. The van der Waals surface area contributed by atoms with Crippen molar-refractivity contribution >= 4 is 39.3 Å². The Bertz CT molecular complexity index is 983. The lowest BCUT2D eigenvalue weighted by Crippen LogP contribution is -2.69. The van der Waals surface area contributed by atoms with E-state index < -0.39 is 21.3 Å². The fourth-order valence-corrected chi connectivity index (χ4v) is 7.20. The number of carbonyl (C=O) groups excluding carboxylic acids is 3. The van der Waals surface area contributed by atoms with Gasteiger partial charge in [0.25, 0.3) is 5.91 Å². The summed E-state index contributed by atoms with van der Waals surface area (Å²) in [6.07, 6.45) is 4.34. The average molecular weight is 456 g/mol. The second kappa shape index (κ2) is 7.95. The first-order valence-electron chi connectivity index (χ1n) is 10.1. The van der Waals surface area contributed by atoms with Gasteiger partial charge in [0, 0.05) is 13.0 Å². The molecule has 164 valence electrons. The highest BCUT2D eigenvalue weighted by atomic mass is 32.2. The number of thioether (sulfide) groups is 1. The van der Waals surface area contributed by atoms with Crippen molar-refractivity contribution in [3.8, 4) is 0 Å². The quantitative estimate of drug-likeness (QED) is 0.496. The lowest BCUT2D eigenvalue weighted by Gasteiger charge is -2.47. The number of rotatable bonds is 4. The lowest BCUT2D eigenvalue weighted by atomic mass is 9.78. The Labute approximate surface area is 179 Å². The van der Waals surface area contributed by atoms with Crippen LogP contribution in [0.25, 0.3) is 0 Å². The van der Waals surface area contributed by atoms with Crippen molar-refractivity contribution in [1.29, 1.82) is 0 Å². The van der Waals surface area contributed by atoms with Gasteiger partial charge in [-0.2, -0.15) is 0 Å². The van der Waals surface area contributed by atoms with Crippen molar-refractivity contribution in [2.75, 3.05) is 23.8 Å². The zero-order chi connectivity index (χ0) is 21.5. The maximum Gasteiger partial charge on any atom is 0.252 e. The molecule has 1 saturated carbocycles. The van der Waals surface area contributed by atoms with Crippen LogP contribution in [0.5, 0.6) is 0 Å². The molecule has 30 heavy (non-hydrogen) atoms. The van der Waals surface area contributed by atoms with Gasteiger partial charge >= 0.3 is 0 Å². The molecule has 0 radical (unpaired) electrons. The van der Waals surface area contributed by atoms with Gasteiger partial charge in [0.2, 0.25) is 11.8 Å². The Balaban J connectivity index is 1.46. The number of nitrogens with one attached hydrogen (secondary N) is 1. The highest BCUT2D eigenvalue weighted by molar-refractivity contribution is 7.99. The summed E-state index contributed by atoms with van der Waals surface area (Å²) in [5.41, 5.74) is -0.937. The molecule has 1 aliphatic carbocycles. The molecule has 2 saturated heterocycles. The fourth-order valence-electron chi connectivity index (χ4n) is 4.67. The Morgan fingerprint density at radius 2 is 1.97 bits per heavy atom. The van der Waals surface area contributed by atoms with Gasteiger partial charge in [0.05, 0.1) is 17.3 Å². The van der Waals surface area contributed by atoms with E-state index in [2.05, 4.69) is 15.5 Å². The van der Waals surface area contributed by atoms with Crippen LogP contribution < -0.4 is 5.32 Å². The van der Waals surface area contributed by atoms with Crippen molar-refractivity contribution in [3.05, 3.63) is 5.82 Å². The molecule has 0 bridgehead atoms. The number of hydrogen-bond donors (Lipinski definition) is 1. The Kier molecular flexibility index (Phi) is 5.64. The van der Waals surface area contributed by atoms with Crippen molar-refractivity contribution < 1.29 is 22.8 Å². The molecular formula is C18H25N5O5S2. The minimum atomic E-state index is -3.04. The van der Waals surface area contributed by atoms with Gasteiger partial charge in [-0.25, -0.2) is 8.42 Å². The maximum atomic E-state index is 13.0. The van der Waals surface area contributed by atoms with Crippen LogP contribution in [0.3, 0.4) is 0 Å². The number of imide groups is 1. The molecular weight excluding hydrogens is 430 g/mol. The number of sulfone groups is 1. The second-order valence-electron chi connectivity index (χ2n) is 8.24. The van der Waals surface area contributed by atoms with Crippen LogP contribution in [0.1, 0.15) is 50.3 Å². The number of carbonyl (C=O) groups is 3. The van der Waals surface area contributed by atoms with E-state index in [-0.39, 0.29) is 41.5 Å². The molecule has 1 unspecified atom stereocenters. The predicted octanol–water partition coefficient (Wildman–Crippen LogP) is -0.00280. The molecule has 0 aromatic carbocycles. The molecule has 4 rings (SSSR count). The molecule has 1 aromatic heterocycles. The first-order chi connectivity index (χ1) is 14.2. The van der Waals surface area contributed by atoms with Crippen LogP contribution in [0.2, 0.25) is 0 Å². The van der Waals surface area contributed by atoms with E-state index in [4.69, 9.17) is 0 Å². The predicted molar refractivity (Wildman–Crippen MR) is 108 cm³/mol. The zero-order valence-corrected chi connectivity index (χ0v) is 18.4. The van der Waals surface area contributed by atoms with Crippen molar-refractivity contribution in [2.24, 2.45) is 7.05 Å². The Hall–Kier alpha value is -1.95. The van der Waals surface area contributed by atoms with Gasteiger partial charge in [-0.05, 0) is 19.3 Å². The van der Waals surface area contributed by atoms with E-state index in [0.29, 0.717) is 30.2 Å². The summed E-state index contributed by atoms with van der Waals surface area (Å²) in [7, 11) is -1.28. The molecule has 10 nitrogen and oxygen atoms in total. The number of hydrogen-bond acceptors (Lipinski definition) is 8. The largest absolute Gasteiger partial charge is 0.318 e. The molecule has 1 N–H and O–H groups in total. The topological polar surface area (TPSA) is 131 Å². The van der Waals surface area contributed by atoms with Crippen molar-refractivity contribution in [1.82, 2.24) is 25.0 Å². The summed E-state index contributed by atoms with van der Waals surface area (Å²) in [4.78, 5) is 39.0. The molecule has 12 heteroatoms. The highest BCUT2D eigenvalue weighted by Crippen LogP contribution is 2.36. The van der Waals surface area contributed by atoms with Gasteiger partial charge in [0.15, 0.2) is 15.0 Å². The summed E-state index contributed by atoms with van der Waals surface area (Å²) in [5.74, 6) is -0.462. The minimum Gasteiger partial charge on any atom is -0.318 e. The third-order valence-electron chi connectivity index (χ3n) is 6.27. The third kappa shape index (κ3) is 3.86. The molecule has 1 spiro atoms. The van der Waals surface area contributed by atoms with Gasteiger partial charge < -0.3 is 9.47 Å². The summed E-state index contributed by atoms with van der Waals surface area (Å²) < 4.78 is 25.2. The Morgan fingerprint density at radius 1 is 1.23 bits per heavy atom. The third-order valence-corrected chi connectivity index (χ3v) is 9.04. The van der Waals surface area contributed by atoms with Crippen LogP contribution in [0, 0.1) is 0 Å². The number of aromatic nitrogens is 3. The van der Waals surface area contributed by atoms with Crippen LogP contribution in [-0.2, 0) is 31.3 Å². The molecule has 3 amide bonds. The monoisotopic (exact) mass is 455 g/mol. The standard InChI is InChI=1S/C18H25N5O5S2/c1-22-15(12-5-8-30(27,28)11-12)20-21-17(22)29-10-14(25)23-9-13(24)19-16(26)18(23)6-3-2-4-7-18/h12H,2-11H2,1H3,(H,19,24,26). The summed E-state index contributed by atoms with van der Waals surface area (Å²) in [6, 6.07) is 0. The van der Waals surface area contributed by atoms with E-state index in [1.165, 1.54) is 16.7 Å². The van der Waals surface area contributed by atoms with Crippen molar-refractivity contribution in [2.45, 2.75) is 55.1 Å². The van der Waals surface area contributed by atoms with Gasteiger partial charge in [-0.3, -0.25) is 19.7 Å². The van der Waals surface area contributed by atoms with E-state index >= 15 is 0 Å². The van der Waals surface area contributed by atoms with E-state index in [9.17, 15) is 22.8 Å². The first-order valence-corrected chi connectivity index (χ1v) is 12.9. The van der Waals surface area contributed by atoms with Gasteiger partial charge in [0.1, 0.15) is 17.9 Å². The van der Waals surface area contributed by atoms with Gasteiger partial charge in [-0.1, -0.05) is 31.0 Å². The first kappa shape index (κ1) is 21.3. The van der Waals surface area contributed by atoms with Crippen molar-refractivity contribution in [3.63, 3.8) is 0 Å². The van der Waals surface area contributed by atoms with E-state index in [0.717, 1.165) is 19.3 Å². The summed E-state index contributed by atoms with van der Waals surface area (Å²) in [6.45, 7) is -0.116.